The van der Waals surface area contributed by atoms with Gasteiger partial charge in [-0.15, -0.1) is 0 Å². The molecule has 0 aromatic carbocycles. The molecule has 1 unspecified atom stereocenters. The topological polar surface area (TPSA) is 87.1 Å². The molecule has 1 atom stereocenters. The predicted octanol–water partition coefficient (Wildman–Crippen LogP) is 2.40. The van der Waals surface area contributed by atoms with E-state index in [2.05, 4.69) is 15.3 Å². The lowest BCUT2D eigenvalue weighted by Crippen LogP contribution is -2.45. The molecule has 0 heterocycles. The van der Waals surface area contributed by atoms with Crippen LogP contribution in [0.25, 0.3) is 10.4 Å². The number of carbonyl (C=O) groups is 1. The van der Waals surface area contributed by atoms with Crippen LogP contribution in [0.3, 0.4) is 0 Å². The second-order valence-corrected chi connectivity index (χ2v) is 4.54. The number of hydrogen-bond donors (Lipinski definition) is 1. The van der Waals surface area contributed by atoms with Crippen molar-refractivity contribution < 1.29 is 9.53 Å². The molecule has 6 nitrogen and oxygen atoms in total. The summed E-state index contributed by atoms with van der Waals surface area (Å²) in [5, 5.41) is 6.63. The number of rotatable bonds is 7. The van der Waals surface area contributed by atoms with Crippen molar-refractivity contribution in [3.63, 3.8) is 0 Å². The molecule has 0 saturated heterocycles. The molecule has 0 aromatic heterocycles. The Labute approximate surface area is 108 Å². The quantitative estimate of drug-likeness (QED) is 0.249. The van der Waals surface area contributed by atoms with Gasteiger partial charge in [-0.2, -0.15) is 0 Å². The summed E-state index contributed by atoms with van der Waals surface area (Å²) in [5.74, 6) is 0.175. The van der Waals surface area contributed by atoms with Crippen molar-refractivity contribution in [1.29, 1.82) is 0 Å². The molecule has 102 valence electrons. The second-order valence-electron chi connectivity index (χ2n) is 4.54. The molecule has 1 N–H and O–H groups in total. The summed E-state index contributed by atoms with van der Waals surface area (Å²) >= 11 is 0. The van der Waals surface area contributed by atoms with Crippen molar-refractivity contribution >= 4 is 5.97 Å². The fourth-order valence-electron chi connectivity index (χ4n) is 2.46. The first-order valence-electron chi connectivity index (χ1n) is 6.70. The minimum atomic E-state index is -0.251. The molecular formula is C12H22N4O2. The molecule has 0 aliphatic heterocycles. The van der Waals surface area contributed by atoms with Crippen molar-refractivity contribution in [2.75, 3.05) is 19.7 Å². The number of nitrogens with one attached hydrogen (secondary N) is 1. The van der Waals surface area contributed by atoms with E-state index in [1.54, 1.807) is 0 Å². The first-order valence-corrected chi connectivity index (χ1v) is 6.70. The van der Waals surface area contributed by atoms with Gasteiger partial charge in [-0.3, -0.25) is 4.79 Å². The summed E-state index contributed by atoms with van der Waals surface area (Å²) in [4.78, 5) is 14.6. The van der Waals surface area contributed by atoms with Crippen LogP contribution in [0.4, 0.5) is 0 Å². The van der Waals surface area contributed by atoms with Crippen LogP contribution >= 0.6 is 0 Å². The van der Waals surface area contributed by atoms with Crippen LogP contribution in [0.1, 0.15) is 39.0 Å². The fraction of sp³-hybridized carbons (Fsp3) is 0.917. The van der Waals surface area contributed by atoms with E-state index in [0.29, 0.717) is 25.6 Å². The lowest BCUT2D eigenvalue weighted by Gasteiger charge is -2.29. The zero-order valence-corrected chi connectivity index (χ0v) is 11.0. The minimum Gasteiger partial charge on any atom is -0.465 e. The minimum absolute atomic E-state index is 0.176. The first kappa shape index (κ1) is 14.8. The van der Waals surface area contributed by atoms with Gasteiger partial charge in [-0.25, -0.2) is 0 Å². The lowest BCUT2D eigenvalue weighted by atomic mass is 9.84. The third-order valence-corrected chi connectivity index (χ3v) is 3.30. The van der Waals surface area contributed by atoms with Gasteiger partial charge < -0.3 is 10.1 Å². The van der Waals surface area contributed by atoms with E-state index in [1.165, 1.54) is 19.3 Å². The monoisotopic (exact) mass is 254 g/mol. The highest BCUT2D eigenvalue weighted by molar-refractivity contribution is 5.76. The molecule has 0 aromatic rings. The Hall–Kier alpha value is -1.26. The maximum atomic E-state index is 11.9. The molecule has 1 aliphatic carbocycles. The Balaban J connectivity index is 2.49. The molecule has 0 bridgehead atoms. The standard InChI is InChI=1S/C12H22N4O2/c1-2-18-12(17)11(14-8-9-15-16-13)10-6-4-3-5-7-10/h10-11,14H,2-9H2,1H3. The van der Waals surface area contributed by atoms with Crippen molar-refractivity contribution in [3.05, 3.63) is 10.4 Å². The molecule has 1 saturated carbocycles. The highest BCUT2D eigenvalue weighted by atomic mass is 16.5. The van der Waals surface area contributed by atoms with Gasteiger partial charge in [0.05, 0.1) is 6.61 Å². The smallest absolute Gasteiger partial charge is 0.323 e. The molecule has 1 aliphatic rings. The largest absolute Gasteiger partial charge is 0.465 e. The third kappa shape index (κ3) is 4.94. The molecule has 18 heavy (non-hydrogen) atoms. The van der Waals surface area contributed by atoms with Crippen LogP contribution in [0.15, 0.2) is 5.11 Å². The normalized spacial score (nSPS) is 17.8. The zero-order chi connectivity index (χ0) is 13.2. The molecule has 1 rings (SSSR count). The van der Waals surface area contributed by atoms with Crippen LogP contribution in [0, 0.1) is 5.92 Å². The van der Waals surface area contributed by atoms with Crippen LogP contribution in [0.2, 0.25) is 0 Å². The average molecular weight is 254 g/mol. The Kier molecular flexibility index (Phi) is 7.22. The molecular weight excluding hydrogens is 232 g/mol. The zero-order valence-electron chi connectivity index (χ0n) is 11.0. The summed E-state index contributed by atoms with van der Waals surface area (Å²) in [7, 11) is 0. The Morgan fingerprint density at radius 1 is 1.50 bits per heavy atom. The predicted molar refractivity (Wildman–Crippen MR) is 69.0 cm³/mol. The maximum absolute atomic E-state index is 11.9. The second kappa shape index (κ2) is 8.78. The molecule has 0 spiro atoms. The number of carbonyl (C=O) groups excluding carboxylic acids is 1. The van der Waals surface area contributed by atoms with E-state index in [4.69, 9.17) is 10.3 Å². The number of nitrogens with zero attached hydrogens (tertiary/aromatic N) is 3. The summed E-state index contributed by atoms with van der Waals surface area (Å²) in [6.07, 6.45) is 5.75. The van der Waals surface area contributed by atoms with Crippen LogP contribution in [-0.4, -0.2) is 31.7 Å². The van der Waals surface area contributed by atoms with E-state index in [0.717, 1.165) is 12.8 Å². The number of hydrogen-bond acceptors (Lipinski definition) is 4. The van der Waals surface area contributed by atoms with Crippen LogP contribution in [0.5, 0.6) is 0 Å². The van der Waals surface area contributed by atoms with Gasteiger partial charge >= 0.3 is 5.97 Å². The van der Waals surface area contributed by atoms with E-state index in [-0.39, 0.29) is 12.0 Å². The molecule has 0 amide bonds. The third-order valence-electron chi connectivity index (χ3n) is 3.30. The first-order chi connectivity index (χ1) is 8.79. The average Bonchev–Trinajstić information content (AvgIpc) is 2.40. The van der Waals surface area contributed by atoms with Crippen molar-refractivity contribution in [2.24, 2.45) is 11.0 Å². The van der Waals surface area contributed by atoms with Gasteiger partial charge in [0.15, 0.2) is 0 Å². The van der Waals surface area contributed by atoms with Crippen LogP contribution < -0.4 is 5.32 Å². The van der Waals surface area contributed by atoms with E-state index >= 15 is 0 Å². The van der Waals surface area contributed by atoms with Gasteiger partial charge in [-0.1, -0.05) is 24.4 Å². The SMILES string of the molecule is CCOC(=O)C(NCCN=[N+]=[N-])C1CCCCC1. The number of azide groups is 1. The van der Waals surface area contributed by atoms with Gasteiger partial charge in [-0.05, 0) is 31.2 Å². The van der Waals surface area contributed by atoms with Crippen LogP contribution in [-0.2, 0) is 9.53 Å². The Bertz CT molecular complexity index is 296. The number of esters is 1. The van der Waals surface area contributed by atoms with E-state index in [9.17, 15) is 4.79 Å². The van der Waals surface area contributed by atoms with E-state index in [1.807, 2.05) is 6.92 Å². The highest BCUT2D eigenvalue weighted by Gasteiger charge is 2.29. The molecule has 0 radical (unpaired) electrons. The number of ether oxygens (including phenoxy) is 1. The summed E-state index contributed by atoms with van der Waals surface area (Å²) < 4.78 is 5.11. The molecule has 1 fully saturated rings. The van der Waals surface area contributed by atoms with Crippen molar-refractivity contribution in [2.45, 2.75) is 45.1 Å². The van der Waals surface area contributed by atoms with Crippen molar-refractivity contribution in [3.8, 4) is 0 Å². The van der Waals surface area contributed by atoms with Gasteiger partial charge in [0.25, 0.3) is 0 Å². The van der Waals surface area contributed by atoms with Gasteiger partial charge in [0.2, 0.25) is 0 Å². The van der Waals surface area contributed by atoms with E-state index < -0.39 is 0 Å². The summed E-state index contributed by atoms with van der Waals surface area (Å²) in [6, 6.07) is -0.251. The summed E-state index contributed by atoms with van der Waals surface area (Å²) in [6.45, 7) is 3.10. The van der Waals surface area contributed by atoms with Crippen molar-refractivity contribution in [1.82, 2.24) is 5.32 Å². The Morgan fingerprint density at radius 3 is 2.83 bits per heavy atom. The summed E-state index contributed by atoms with van der Waals surface area (Å²) in [5.41, 5.74) is 8.21. The fourth-order valence-corrected chi connectivity index (χ4v) is 2.46. The van der Waals surface area contributed by atoms with Gasteiger partial charge in [0, 0.05) is 18.0 Å². The van der Waals surface area contributed by atoms with Gasteiger partial charge in [0.1, 0.15) is 6.04 Å². The Morgan fingerprint density at radius 2 is 2.22 bits per heavy atom. The lowest BCUT2D eigenvalue weighted by molar-refractivity contribution is -0.147. The highest BCUT2D eigenvalue weighted by Crippen LogP contribution is 2.27. The maximum Gasteiger partial charge on any atom is 0.323 e. The molecule has 6 heteroatoms.